The molecule has 5 aliphatic heterocycles. The maximum Gasteiger partial charge on any atom is 0.262 e. The van der Waals surface area contributed by atoms with Crippen LogP contribution in [0.25, 0.3) is 0 Å². The van der Waals surface area contributed by atoms with Gasteiger partial charge in [0.25, 0.3) is 11.8 Å². The lowest BCUT2D eigenvalue weighted by molar-refractivity contribution is -0.136. The number of piperazine rings is 1. The highest BCUT2D eigenvalue weighted by atomic mass is 16.5. The van der Waals surface area contributed by atoms with Gasteiger partial charge in [-0.15, -0.1) is 0 Å². The summed E-state index contributed by atoms with van der Waals surface area (Å²) in [5, 5.41) is 5.50. The first-order valence-corrected chi connectivity index (χ1v) is 13.9. The second kappa shape index (κ2) is 10.7. The van der Waals surface area contributed by atoms with E-state index in [1.807, 2.05) is 6.07 Å². The minimum atomic E-state index is -0.939. The lowest BCUT2D eigenvalue weighted by Crippen LogP contribution is -2.54. The third-order valence-corrected chi connectivity index (χ3v) is 8.56. The van der Waals surface area contributed by atoms with Gasteiger partial charge in [-0.3, -0.25) is 34.3 Å². The number of anilines is 1. The van der Waals surface area contributed by atoms with Gasteiger partial charge in [0.15, 0.2) is 0 Å². The number of nitrogens with zero attached hydrogens (tertiary/aromatic N) is 4. The summed E-state index contributed by atoms with van der Waals surface area (Å²) in [6, 6.07) is 4.42. The van der Waals surface area contributed by atoms with Crippen molar-refractivity contribution in [1.29, 1.82) is 0 Å². The highest BCUT2D eigenvalue weighted by Crippen LogP contribution is 2.31. The Morgan fingerprint density at radius 3 is 2.13 bits per heavy atom. The van der Waals surface area contributed by atoms with Gasteiger partial charge in [-0.2, -0.15) is 0 Å². The van der Waals surface area contributed by atoms with Crippen LogP contribution in [0.4, 0.5) is 5.69 Å². The zero-order valence-corrected chi connectivity index (χ0v) is 21.7. The number of piperidine rings is 2. The molecule has 4 saturated heterocycles. The van der Waals surface area contributed by atoms with Crippen molar-refractivity contribution in [3.63, 3.8) is 0 Å². The number of likely N-dealkylation sites (tertiary alicyclic amines) is 1. The van der Waals surface area contributed by atoms with Crippen LogP contribution in [0.2, 0.25) is 0 Å². The quantitative estimate of drug-likeness (QED) is 0.463. The molecule has 1 aromatic rings. The van der Waals surface area contributed by atoms with Crippen LogP contribution in [0.5, 0.6) is 0 Å². The van der Waals surface area contributed by atoms with Gasteiger partial charge in [-0.05, 0) is 37.5 Å². The van der Waals surface area contributed by atoms with Crippen molar-refractivity contribution in [3.05, 3.63) is 29.3 Å². The summed E-state index contributed by atoms with van der Waals surface area (Å²) in [6.07, 6.45) is 3.33. The number of nitrogens with one attached hydrogen (secondary N) is 2. The van der Waals surface area contributed by atoms with Crippen molar-refractivity contribution in [3.8, 4) is 0 Å². The lowest BCUT2D eigenvalue weighted by Gasteiger charge is -2.39. The molecule has 4 amide bonds. The molecule has 11 nitrogen and oxygen atoms in total. The van der Waals surface area contributed by atoms with Crippen LogP contribution in [-0.4, -0.2) is 122 Å². The molecule has 0 bridgehead atoms. The average molecular weight is 525 g/mol. The van der Waals surface area contributed by atoms with Gasteiger partial charge < -0.3 is 19.9 Å². The lowest BCUT2D eigenvalue weighted by atomic mass is 10.0. The van der Waals surface area contributed by atoms with E-state index < -0.39 is 23.8 Å². The van der Waals surface area contributed by atoms with E-state index in [0.29, 0.717) is 23.3 Å². The number of hydrogen-bond donors (Lipinski definition) is 2. The molecule has 1 atom stereocenters. The Balaban J connectivity index is 0.987. The van der Waals surface area contributed by atoms with Crippen LogP contribution in [0.1, 0.15) is 46.4 Å². The van der Waals surface area contributed by atoms with Crippen LogP contribution in [0, 0.1) is 0 Å². The van der Waals surface area contributed by atoms with Crippen molar-refractivity contribution in [2.24, 2.45) is 0 Å². The molecule has 38 heavy (non-hydrogen) atoms. The van der Waals surface area contributed by atoms with Gasteiger partial charge in [0.1, 0.15) is 6.04 Å². The fourth-order valence-corrected chi connectivity index (χ4v) is 6.07. The summed E-state index contributed by atoms with van der Waals surface area (Å²) in [5.74, 6) is -1.89. The van der Waals surface area contributed by atoms with Crippen molar-refractivity contribution in [2.75, 3.05) is 70.3 Å². The molecule has 0 radical (unpaired) electrons. The molecule has 1 aromatic carbocycles. The van der Waals surface area contributed by atoms with E-state index in [2.05, 4.69) is 25.3 Å². The molecule has 0 saturated carbocycles. The minimum absolute atomic E-state index is 0.115. The average Bonchev–Trinajstić information content (AvgIpc) is 3.15. The van der Waals surface area contributed by atoms with E-state index >= 15 is 0 Å². The second-order valence-electron chi connectivity index (χ2n) is 11.0. The Morgan fingerprint density at radius 1 is 0.789 bits per heavy atom. The highest BCUT2D eigenvalue weighted by molar-refractivity contribution is 6.23. The number of fused-ring (bicyclic) bond motifs is 1. The smallest absolute Gasteiger partial charge is 0.262 e. The molecule has 2 N–H and O–H groups in total. The monoisotopic (exact) mass is 524 g/mol. The molecule has 5 heterocycles. The fraction of sp³-hybridized carbons (Fsp3) is 0.630. The molecular formula is C27H36N6O5. The van der Waals surface area contributed by atoms with Crippen molar-refractivity contribution in [1.82, 2.24) is 25.3 Å². The van der Waals surface area contributed by atoms with Crippen LogP contribution < -0.4 is 15.5 Å². The Bertz CT molecular complexity index is 1110. The number of rotatable bonds is 7. The number of hydrogen-bond acceptors (Lipinski definition) is 9. The molecular weight excluding hydrogens is 488 g/mol. The molecule has 5 aliphatic rings. The van der Waals surface area contributed by atoms with Gasteiger partial charge in [0.2, 0.25) is 11.8 Å². The normalized spacial score (nSPS) is 26.1. The number of carbonyl (C=O) groups is 4. The molecule has 0 spiro atoms. The number of benzene rings is 1. The van der Waals surface area contributed by atoms with Gasteiger partial charge >= 0.3 is 0 Å². The summed E-state index contributed by atoms with van der Waals surface area (Å²) in [4.78, 5) is 58.2. The summed E-state index contributed by atoms with van der Waals surface area (Å²) < 4.78 is 6.13. The van der Waals surface area contributed by atoms with Crippen LogP contribution in [-0.2, 0) is 14.3 Å². The molecule has 1 unspecified atom stereocenters. The zero-order valence-electron chi connectivity index (χ0n) is 21.7. The molecule has 204 valence electrons. The number of imide groups is 2. The predicted octanol–water partition coefficient (Wildman–Crippen LogP) is -0.337. The third-order valence-electron chi connectivity index (χ3n) is 8.56. The summed E-state index contributed by atoms with van der Waals surface area (Å²) in [5.41, 5.74) is 1.57. The molecule has 11 heteroatoms. The van der Waals surface area contributed by atoms with E-state index in [4.69, 9.17) is 4.74 Å². The van der Waals surface area contributed by atoms with Gasteiger partial charge in [0.05, 0.1) is 23.3 Å². The van der Waals surface area contributed by atoms with Crippen molar-refractivity contribution >= 4 is 29.3 Å². The van der Waals surface area contributed by atoms with E-state index in [-0.39, 0.29) is 18.7 Å². The third kappa shape index (κ3) is 5.07. The number of carbonyl (C=O) groups excluding carboxylic acids is 4. The first kappa shape index (κ1) is 25.4. The highest BCUT2D eigenvalue weighted by Gasteiger charge is 2.44. The SMILES string of the molecule is O=C1CCC(N2C(=O)c3ccc(N4CCN(CCN5CCC(OC6CNC6)CC5)CC4)cc3C2=O)C(=O)N1. The molecule has 6 rings (SSSR count). The zero-order chi connectivity index (χ0) is 26.2. The topological polar surface area (TPSA) is 115 Å². The Morgan fingerprint density at radius 2 is 1.47 bits per heavy atom. The molecule has 0 aliphatic carbocycles. The van der Waals surface area contributed by atoms with Crippen molar-refractivity contribution < 1.29 is 23.9 Å². The van der Waals surface area contributed by atoms with E-state index in [0.717, 1.165) is 88.9 Å². The first-order chi connectivity index (χ1) is 18.5. The second-order valence-corrected chi connectivity index (χ2v) is 11.0. The Hall–Kier alpha value is -2.86. The maximum absolute atomic E-state index is 13.1. The fourth-order valence-electron chi connectivity index (χ4n) is 6.07. The van der Waals surface area contributed by atoms with Gasteiger partial charge in [0, 0.05) is 77.6 Å². The maximum atomic E-state index is 13.1. The van der Waals surface area contributed by atoms with E-state index in [1.54, 1.807) is 12.1 Å². The minimum Gasteiger partial charge on any atom is -0.372 e. The predicted molar refractivity (Wildman–Crippen MR) is 139 cm³/mol. The van der Waals surface area contributed by atoms with E-state index in [9.17, 15) is 19.2 Å². The van der Waals surface area contributed by atoms with Crippen molar-refractivity contribution in [2.45, 2.75) is 43.9 Å². The van der Waals surface area contributed by atoms with E-state index in [1.165, 1.54) is 0 Å². The largest absolute Gasteiger partial charge is 0.372 e. The van der Waals surface area contributed by atoms with Crippen LogP contribution in [0.3, 0.4) is 0 Å². The Labute approximate surface area is 222 Å². The Kier molecular flexibility index (Phi) is 7.17. The number of amides is 4. The van der Waals surface area contributed by atoms with Crippen LogP contribution in [0.15, 0.2) is 18.2 Å². The summed E-state index contributed by atoms with van der Waals surface area (Å²) >= 11 is 0. The molecule has 0 aromatic heterocycles. The standard InChI is InChI=1S/C27H36N6O5/c34-24-4-3-23(25(35)29-24)33-26(36)21-2-1-18(15-22(21)27(33)37)32-13-11-31(12-14-32)10-9-30-7-5-19(6-8-30)38-20-16-28-17-20/h1-2,15,19-20,23,28H,3-14,16-17H2,(H,29,34,35). The van der Waals surface area contributed by atoms with Gasteiger partial charge in [-0.25, -0.2) is 0 Å². The summed E-state index contributed by atoms with van der Waals surface area (Å²) in [6.45, 7) is 9.89. The van der Waals surface area contributed by atoms with Crippen LogP contribution >= 0.6 is 0 Å². The first-order valence-electron chi connectivity index (χ1n) is 13.9. The van der Waals surface area contributed by atoms with Gasteiger partial charge in [-0.1, -0.05) is 0 Å². The molecule has 4 fully saturated rings. The number of ether oxygens (including phenoxy) is 1. The summed E-state index contributed by atoms with van der Waals surface area (Å²) in [7, 11) is 0.